The van der Waals surface area contributed by atoms with Gasteiger partial charge in [0.05, 0.1) is 19.9 Å². The lowest BCUT2D eigenvalue weighted by Crippen LogP contribution is -2.60. The van der Waals surface area contributed by atoms with Gasteiger partial charge in [-0.1, -0.05) is 11.6 Å². The molecule has 1 amide bonds. The first kappa shape index (κ1) is 24.5. The average Bonchev–Trinajstić information content (AvgIpc) is 2.73. The summed E-state index contributed by atoms with van der Waals surface area (Å²) in [6, 6.07) is 4.81. The molecule has 3 rings (SSSR count). The maximum absolute atomic E-state index is 14.6. The van der Waals surface area contributed by atoms with Gasteiger partial charge in [-0.3, -0.25) is 10.3 Å². The van der Waals surface area contributed by atoms with E-state index in [9.17, 15) is 22.4 Å². The van der Waals surface area contributed by atoms with Gasteiger partial charge in [-0.2, -0.15) is 13.2 Å². The minimum Gasteiger partial charge on any atom is -0.495 e. The summed E-state index contributed by atoms with van der Waals surface area (Å²) in [6.45, 7) is 1.49. The third kappa shape index (κ3) is 4.81. The Morgan fingerprint density at radius 1 is 1.30 bits per heavy atom. The summed E-state index contributed by atoms with van der Waals surface area (Å²) in [5.74, 6) is -1.48. The lowest BCUT2D eigenvalue weighted by molar-refractivity contribution is -0.249. The number of nitrogens with one attached hydrogen (secondary N) is 1. The number of alkyl halides is 3. The highest BCUT2D eigenvalue weighted by molar-refractivity contribution is 6.32. The Balaban J connectivity index is 1.83. The molecule has 0 aliphatic carbocycles. The molecular formula is C20H19ClF4N4O4. The lowest BCUT2D eigenvalue weighted by atomic mass is 9.89. The Morgan fingerprint density at radius 3 is 2.58 bits per heavy atom. The number of carbonyl (C=O) groups is 1. The number of halogens is 5. The molecule has 0 bridgehead atoms. The number of rotatable bonds is 4. The van der Waals surface area contributed by atoms with Crippen LogP contribution in [0, 0.1) is 5.82 Å². The Morgan fingerprint density at radius 2 is 2.00 bits per heavy atom. The van der Waals surface area contributed by atoms with Crippen LogP contribution in [-0.4, -0.2) is 42.4 Å². The Kier molecular flexibility index (Phi) is 6.44. The average molecular weight is 491 g/mol. The standard InChI is InChI=1S/C20H19ClF4N4O4/c1-18(9-32-19(2,16(26)29-18)20(23,24)25)12-6-10(4-5-14(12)22)28-17(30)33-15-13(21)7-11(31-3)8-27-15/h4-8H,9H2,1-3H3,(H2,26,29)(H,28,30)/t18-,19+/m0/s1. The number of aliphatic imine (C=N–C) groups is 1. The minimum absolute atomic E-state index is 0.00804. The molecular weight excluding hydrogens is 472 g/mol. The van der Waals surface area contributed by atoms with Gasteiger partial charge in [-0.05, 0) is 32.0 Å². The monoisotopic (exact) mass is 490 g/mol. The van der Waals surface area contributed by atoms with E-state index in [1.165, 1.54) is 38.4 Å². The first-order chi connectivity index (χ1) is 15.3. The van der Waals surface area contributed by atoms with E-state index in [1.54, 1.807) is 0 Å². The Hall–Kier alpha value is -3.12. The summed E-state index contributed by atoms with van der Waals surface area (Å²) in [5, 5.41) is 2.37. The highest BCUT2D eigenvalue weighted by Crippen LogP contribution is 2.41. The molecule has 2 aromatic rings. The van der Waals surface area contributed by atoms with Gasteiger partial charge in [0, 0.05) is 17.3 Å². The minimum atomic E-state index is -4.82. The number of aromatic nitrogens is 1. The Bertz CT molecular complexity index is 1110. The van der Waals surface area contributed by atoms with E-state index in [-0.39, 0.29) is 22.2 Å². The normalized spacial score (nSPS) is 23.0. The van der Waals surface area contributed by atoms with Crippen molar-refractivity contribution < 1.29 is 36.6 Å². The lowest BCUT2D eigenvalue weighted by Gasteiger charge is -2.41. The van der Waals surface area contributed by atoms with Crippen molar-refractivity contribution >= 4 is 29.2 Å². The third-order valence-electron chi connectivity index (χ3n) is 5.04. The van der Waals surface area contributed by atoms with Crippen LogP contribution in [0.25, 0.3) is 0 Å². The number of ether oxygens (including phenoxy) is 3. The van der Waals surface area contributed by atoms with E-state index in [0.29, 0.717) is 5.75 Å². The quantitative estimate of drug-likeness (QED) is 0.614. The van der Waals surface area contributed by atoms with Crippen molar-refractivity contribution in [2.24, 2.45) is 10.7 Å². The molecule has 0 radical (unpaired) electrons. The number of nitrogens with two attached hydrogens (primary N) is 1. The van der Waals surface area contributed by atoms with E-state index in [0.717, 1.165) is 13.0 Å². The van der Waals surface area contributed by atoms with Gasteiger partial charge in [0.15, 0.2) is 0 Å². The number of amides is 1. The predicted molar refractivity (Wildman–Crippen MR) is 111 cm³/mol. The molecule has 13 heteroatoms. The summed E-state index contributed by atoms with van der Waals surface area (Å²) in [4.78, 5) is 20.0. The van der Waals surface area contributed by atoms with Crippen molar-refractivity contribution in [3.63, 3.8) is 0 Å². The van der Waals surface area contributed by atoms with Crippen LogP contribution in [-0.2, 0) is 10.3 Å². The van der Waals surface area contributed by atoms with E-state index < -0.39 is 41.7 Å². The number of nitrogens with zero attached hydrogens (tertiary/aromatic N) is 2. The molecule has 0 saturated heterocycles. The topological polar surface area (TPSA) is 108 Å². The van der Waals surface area contributed by atoms with Crippen LogP contribution >= 0.6 is 11.6 Å². The van der Waals surface area contributed by atoms with Crippen LogP contribution in [0.3, 0.4) is 0 Å². The van der Waals surface area contributed by atoms with Gasteiger partial charge in [0.2, 0.25) is 11.5 Å². The van der Waals surface area contributed by atoms with Crippen molar-refractivity contribution in [1.29, 1.82) is 0 Å². The maximum Gasteiger partial charge on any atom is 0.424 e. The number of hydrogen-bond donors (Lipinski definition) is 2. The molecule has 33 heavy (non-hydrogen) atoms. The molecule has 0 saturated carbocycles. The molecule has 0 spiro atoms. The fourth-order valence-electron chi connectivity index (χ4n) is 2.97. The van der Waals surface area contributed by atoms with Crippen LogP contribution in [0.5, 0.6) is 11.6 Å². The second kappa shape index (κ2) is 8.67. The molecule has 3 N–H and O–H groups in total. The van der Waals surface area contributed by atoms with Gasteiger partial charge in [-0.15, -0.1) is 0 Å². The summed E-state index contributed by atoms with van der Waals surface area (Å²) in [6.07, 6.45) is -4.53. The van der Waals surface area contributed by atoms with Crippen molar-refractivity contribution in [3.05, 3.63) is 46.9 Å². The van der Waals surface area contributed by atoms with E-state index in [4.69, 9.17) is 31.5 Å². The number of anilines is 1. The van der Waals surface area contributed by atoms with Gasteiger partial charge < -0.3 is 19.9 Å². The first-order valence-corrected chi connectivity index (χ1v) is 9.72. The fourth-order valence-corrected chi connectivity index (χ4v) is 3.17. The second-order valence-electron chi connectivity index (χ2n) is 7.46. The third-order valence-corrected chi connectivity index (χ3v) is 5.31. The van der Waals surface area contributed by atoms with Crippen molar-refractivity contribution in [2.45, 2.75) is 31.2 Å². The maximum atomic E-state index is 14.6. The van der Waals surface area contributed by atoms with E-state index in [1.807, 2.05) is 0 Å². The Labute approximate surface area is 190 Å². The predicted octanol–water partition coefficient (Wildman–Crippen LogP) is 4.42. The molecule has 1 aliphatic rings. The number of hydrogen-bond acceptors (Lipinski definition) is 7. The second-order valence-corrected chi connectivity index (χ2v) is 7.87. The fraction of sp³-hybridized carbons (Fsp3) is 0.350. The van der Waals surface area contributed by atoms with Crippen molar-refractivity contribution in [1.82, 2.24) is 4.98 Å². The molecule has 0 unspecified atom stereocenters. The molecule has 1 aromatic heterocycles. The molecule has 1 aromatic carbocycles. The molecule has 1 aliphatic heterocycles. The van der Waals surface area contributed by atoms with Gasteiger partial charge in [0.1, 0.15) is 28.0 Å². The van der Waals surface area contributed by atoms with Crippen LogP contribution in [0.1, 0.15) is 19.4 Å². The molecule has 0 fully saturated rings. The zero-order chi connectivity index (χ0) is 24.6. The van der Waals surface area contributed by atoms with Crippen LogP contribution in [0.2, 0.25) is 5.02 Å². The zero-order valence-corrected chi connectivity index (χ0v) is 18.3. The van der Waals surface area contributed by atoms with E-state index >= 15 is 0 Å². The summed E-state index contributed by atoms with van der Waals surface area (Å²) < 4.78 is 69.6. The zero-order valence-electron chi connectivity index (χ0n) is 17.6. The highest BCUT2D eigenvalue weighted by atomic mass is 35.5. The van der Waals surface area contributed by atoms with Gasteiger partial charge >= 0.3 is 12.3 Å². The summed E-state index contributed by atoms with van der Waals surface area (Å²) in [7, 11) is 1.41. The number of benzene rings is 1. The van der Waals surface area contributed by atoms with Gasteiger partial charge in [0.25, 0.3) is 0 Å². The summed E-state index contributed by atoms with van der Waals surface area (Å²) >= 11 is 5.97. The number of amidine groups is 1. The van der Waals surface area contributed by atoms with Crippen molar-refractivity contribution in [2.75, 3.05) is 19.0 Å². The molecule has 8 nitrogen and oxygen atoms in total. The van der Waals surface area contributed by atoms with Gasteiger partial charge in [-0.25, -0.2) is 14.2 Å². The number of pyridine rings is 1. The number of methoxy groups -OCH3 is 1. The smallest absolute Gasteiger partial charge is 0.424 e. The van der Waals surface area contributed by atoms with Crippen LogP contribution in [0.15, 0.2) is 35.5 Å². The van der Waals surface area contributed by atoms with E-state index in [2.05, 4.69) is 15.3 Å². The molecule has 2 atom stereocenters. The first-order valence-electron chi connectivity index (χ1n) is 9.34. The number of carbonyl (C=O) groups excluding carboxylic acids is 1. The van der Waals surface area contributed by atoms with Crippen molar-refractivity contribution in [3.8, 4) is 11.6 Å². The highest BCUT2D eigenvalue weighted by Gasteiger charge is 2.59. The van der Waals surface area contributed by atoms with Crippen LogP contribution in [0.4, 0.5) is 28.0 Å². The summed E-state index contributed by atoms with van der Waals surface area (Å²) in [5.41, 5.74) is 1.11. The SMILES string of the molecule is COc1cnc(OC(=O)Nc2ccc(F)c([C@]3(C)CO[C@@](C)(C(F)(F)F)C(N)=N3)c2)c(Cl)c1. The molecule has 178 valence electrons. The molecule has 2 heterocycles. The van der Waals surface area contributed by atoms with Crippen LogP contribution < -0.4 is 20.5 Å². The largest absolute Gasteiger partial charge is 0.495 e.